The minimum Gasteiger partial charge on any atom is -0.382 e. The van der Waals surface area contributed by atoms with Crippen molar-refractivity contribution in [2.75, 3.05) is 11.9 Å². The first kappa shape index (κ1) is 10.1. The van der Waals surface area contributed by atoms with Gasteiger partial charge in [0, 0.05) is 19.2 Å². The predicted octanol–water partition coefficient (Wildman–Crippen LogP) is 0.991. The Bertz CT molecular complexity index is 488. The summed E-state index contributed by atoms with van der Waals surface area (Å²) >= 11 is 0. The van der Waals surface area contributed by atoms with E-state index in [1.165, 1.54) is 6.33 Å². The Morgan fingerprint density at radius 2 is 2.38 bits per heavy atom. The van der Waals surface area contributed by atoms with Gasteiger partial charge < -0.3 is 9.84 Å². The molecule has 0 aliphatic carbocycles. The zero-order valence-corrected chi connectivity index (χ0v) is 8.42. The first-order valence-electron chi connectivity index (χ1n) is 4.74. The maximum atomic E-state index is 8.81. The Morgan fingerprint density at radius 1 is 1.44 bits per heavy atom. The van der Waals surface area contributed by atoms with Gasteiger partial charge in [0.15, 0.2) is 12.0 Å². The number of aromatic nitrogens is 3. The maximum absolute atomic E-state index is 8.81. The smallest absolute Gasteiger partial charge is 0.228 e. The third-order valence-electron chi connectivity index (χ3n) is 1.97. The van der Waals surface area contributed by atoms with Gasteiger partial charge in [-0.25, -0.2) is 4.98 Å². The van der Waals surface area contributed by atoms with Gasteiger partial charge >= 0.3 is 0 Å². The largest absolute Gasteiger partial charge is 0.382 e. The van der Waals surface area contributed by atoms with E-state index in [1.807, 2.05) is 6.07 Å². The molecule has 1 N–H and O–H groups in total. The van der Waals surface area contributed by atoms with Gasteiger partial charge in [0.05, 0.1) is 5.69 Å². The number of hydrogen-bond acceptors (Lipinski definition) is 6. The number of nitrogens with one attached hydrogen (secondary N) is 1. The third kappa shape index (κ3) is 2.33. The minimum atomic E-state index is 0.382. The van der Waals surface area contributed by atoms with E-state index in [4.69, 9.17) is 9.78 Å². The maximum Gasteiger partial charge on any atom is 0.228 e. The van der Waals surface area contributed by atoms with E-state index in [2.05, 4.69) is 20.4 Å². The average Bonchev–Trinajstić information content (AvgIpc) is 2.83. The van der Waals surface area contributed by atoms with Gasteiger partial charge in [-0.05, 0) is 12.1 Å². The van der Waals surface area contributed by atoms with E-state index in [1.54, 1.807) is 18.3 Å². The lowest BCUT2D eigenvalue weighted by Gasteiger charge is -2.04. The number of anilines is 1. The zero-order chi connectivity index (χ0) is 11.2. The molecule has 2 rings (SSSR count). The van der Waals surface area contributed by atoms with Crippen molar-refractivity contribution in [3.8, 4) is 6.07 Å². The number of hydrogen-bond donors (Lipinski definition) is 1. The molecule has 0 spiro atoms. The van der Waals surface area contributed by atoms with Gasteiger partial charge in [-0.15, -0.1) is 0 Å². The molecule has 0 amide bonds. The van der Waals surface area contributed by atoms with Crippen LogP contribution in [0.5, 0.6) is 0 Å². The van der Waals surface area contributed by atoms with E-state index in [0.717, 1.165) is 0 Å². The molecule has 6 nitrogen and oxygen atoms in total. The van der Waals surface area contributed by atoms with Crippen LogP contribution in [-0.4, -0.2) is 21.7 Å². The molecular formula is C10H9N5O. The monoisotopic (exact) mass is 215 g/mol. The van der Waals surface area contributed by atoms with Crippen LogP contribution in [0.2, 0.25) is 0 Å². The van der Waals surface area contributed by atoms with E-state index < -0.39 is 0 Å². The molecule has 80 valence electrons. The molecule has 2 aromatic heterocycles. The molecule has 0 atom stereocenters. The molecule has 0 unspecified atom stereocenters. The van der Waals surface area contributed by atoms with E-state index in [0.29, 0.717) is 30.2 Å². The van der Waals surface area contributed by atoms with Crippen molar-refractivity contribution in [1.29, 1.82) is 5.26 Å². The molecule has 0 fully saturated rings. The second kappa shape index (κ2) is 4.89. The van der Waals surface area contributed by atoms with Gasteiger partial charge in [0.1, 0.15) is 6.07 Å². The van der Waals surface area contributed by atoms with Crippen molar-refractivity contribution in [2.24, 2.45) is 0 Å². The summed E-state index contributed by atoms with van der Waals surface area (Å²) in [4.78, 5) is 7.83. The Morgan fingerprint density at radius 3 is 3.12 bits per heavy atom. The number of nitrogens with zero attached hydrogens (tertiary/aromatic N) is 4. The molecule has 0 bridgehead atoms. The summed E-state index contributed by atoms with van der Waals surface area (Å²) < 4.78 is 4.85. The Kier molecular flexibility index (Phi) is 3.09. The van der Waals surface area contributed by atoms with Gasteiger partial charge in [0.2, 0.25) is 5.89 Å². The van der Waals surface area contributed by atoms with Crippen LogP contribution in [0.1, 0.15) is 11.6 Å². The minimum absolute atomic E-state index is 0.382. The summed E-state index contributed by atoms with van der Waals surface area (Å²) in [5.74, 6) is 0.565. The lowest BCUT2D eigenvalue weighted by Crippen LogP contribution is -2.06. The lowest BCUT2D eigenvalue weighted by molar-refractivity contribution is 0.380. The molecule has 0 radical (unpaired) electrons. The normalized spacial score (nSPS) is 9.69. The quantitative estimate of drug-likeness (QED) is 0.818. The van der Waals surface area contributed by atoms with Gasteiger partial charge in [0.25, 0.3) is 0 Å². The molecule has 16 heavy (non-hydrogen) atoms. The molecule has 0 saturated carbocycles. The van der Waals surface area contributed by atoms with Crippen molar-refractivity contribution < 1.29 is 4.52 Å². The fourth-order valence-corrected chi connectivity index (χ4v) is 1.25. The average molecular weight is 215 g/mol. The van der Waals surface area contributed by atoms with Crippen molar-refractivity contribution in [3.05, 3.63) is 36.2 Å². The summed E-state index contributed by atoms with van der Waals surface area (Å²) in [6.45, 7) is 0.614. The SMILES string of the molecule is N#Cc1ncccc1NCCc1ncno1. The Balaban J connectivity index is 1.93. The van der Waals surface area contributed by atoms with Crippen LogP contribution < -0.4 is 5.32 Å². The molecule has 2 heterocycles. The van der Waals surface area contributed by atoms with Crippen LogP contribution in [0.25, 0.3) is 0 Å². The van der Waals surface area contributed by atoms with Gasteiger partial charge in [-0.1, -0.05) is 5.16 Å². The van der Waals surface area contributed by atoms with Crippen LogP contribution in [0, 0.1) is 11.3 Å². The van der Waals surface area contributed by atoms with Crippen LogP contribution in [-0.2, 0) is 6.42 Å². The van der Waals surface area contributed by atoms with E-state index in [9.17, 15) is 0 Å². The molecule has 0 aliphatic heterocycles. The first-order chi connectivity index (χ1) is 7.90. The second-order valence-corrected chi connectivity index (χ2v) is 3.02. The highest BCUT2D eigenvalue weighted by Gasteiger charge is 2.02. The molecule has 0 aromatic carbocycles. The highest BCUT2D eigenvalue weighted by molar-refractivity contribution is 5.53. The highest BCUT2D eigenvalue weighted by Crippen LogP contribution is 2.10. The Labute approximate surface area is 91.9 Å². The summed E-state index contributed by atoms with van der Waals surface area (Å²) in [5.41, 5.74) is 1.09. The zero-order valence-electron chi connectivity index (χ0n) is 8.42. The molecule has 0 saturated heterocycles. The summed E-state index contributed by atoms with van der Waals surface area (Å²) in [7, 11) is 0. The van der Waals surface area contributed by atoms with Crippen LogP contribution >= 0.6 is 0 Å². The molecule has 2 aromatic rings. The number of rotatable bonds is 4. The summed E-state index contributed by atoms with van der Waals surface area (Å²) in [6.07, 6.45) is 3.56. The molecule has 6 heteroatoms. The van der Waals surface area contributed by atoms with Crippen LogP contribution in [0.15, 0.2) is 29.2 Å². The first-order valence-corrected chi connectivity index (χ1v) is 4.74. The fraction of sp³-hybridized carbons (Fsp3) is 0.200. The van der Waals surface area contributed by atoms with Crippen molar-refractivity contribution >= 4 is 5.69 Å². The predicted molar refractivity (Wildman–Crippen MR) is 55.4 cm³/mol. The molecule has 0 aliphatic rings. The van der Waals surface area contributed by atoms with Crippen LogP contribution in [0.3, 0.4) is 0 Å². The van der Waals surface area contributed by atoms with E-state index >= 15 is 0 Å². The van der Waals surface area contributed by atoms with E-state index in [-0.39, 0.29) is 0 Å². The number of nitriles is 1. The third-order valence-corrected chi connectivity index (χ3v) is 1.97. The summed E-state index contributed by atoms with van der Waals surface area (Å²) in [5, 5.41) is 15.4. The lowest BCUT2D eigenvalue weighted by atomic mass is 10.3. The number of pyridine rings is 1. The van der Waals surface area contributed by atoms with Gasteiger partial charge in [-0.2, -0.15) is 10.2 Å². The second-order valence-electron chi connectivity index (χ2n) is 3.02. The van der Waals surface area contributed by atoms with Crippen LogP contribution in [0.4, 0.5) is 5.69 Å². The Hall–Kier alpha value is -2.42. The molecular weight excluding hydrogens is 206 g/mol. The van der Waals surface area contributed by atoms with Crippen molar-refractivity contribution in [1.82, 2.24) is 15.1 Å². The van der Waals surface area contributed by atoms with Crippen molar-refractivity contribution in [2.45, 2.75) is 6.42 Å². The topological polar surface area (TPSA) is 87.6 Å². The van der Waals surface area contributed by atoms with Crippen molar-refractivity contribution in [3.63, 3.8) is 0 Å². The summed E-state index contributed by atoms with van der Waals surface area (Å²) in [6, 6.07) is 5.59. The highest BCUT2D eigenvalue weighted by atomic mass is 16.5. The fourth-order valence-electron chi connectivity index (χ4n) is 1.25. The van der Waals surface area contributed by atoms with Gasteiger partial charge in [-0.3, -0.25) is 0 Å². The standard InChI is InChI=1S/C10H9N5O/c11-6-9-8(2-1-4-12-9)13-5-3-10-14-7-15-16-10/h1-2,4,7,13H,3,5H2.